The van der Waals surface area contributed by atoms with Crippen LogP contribution < -0.4 is 10.1 Å². The molecule has 4 heteroatoms. The summed E-state index contributed by atoms with van der Waals surface area (Å²) in [6.07, 6.45) is 0.699. The van der Waals surface area contributed by atoms with Crippen LogP contribution in [0.4, 0.5) is 5.69 Å². The molecule has 0 aliphatic rings. The number of aryl methyl sites for hydroxylation is 2. The van der Waals surface area contributed by atoms with Gasteiger partial charge in [-0.3, -0.25) is 9.59 Å². The van der Waals surface area contributed by atoms with Gasteiger partial charge in [-0.15, -0.1) is 0 Å². The van der Waals surface area contributed by atoms with Crippen LogP contribution in [0.1, 0.15) is 28.4 Å². The summed E-state index contributed by atoms with van der Waals surface area (Å²) < 4.78 is 5.16. The van der Waals surface area contributed by atoms with Gasteiger partial charge in [-0.1, -0.05) is 6.07 Å². The van der Waals surface area contributed by atoms with Crippen LogP contribution in [0.15, 0.2) is 6.07 Å². The quantitative estimate of drug-likeness (QED) is 0.795. The summed E-state index contributed by atoms with van der Waals surface area (Å²) in [6.45, 7) is 5.10. The largest absolute Gasteiger partial charge is 0.496 e. The molecule has 0 atom stereocenters. The van der Waals surface area contributed by atoms with Gasteiger partial charge >= 0.3 is 0 Å². The Morgan fingerprint density at radius 3 is 2.44 bits per heavy atom. The number of amides is 1. The fourth-order valence-electron chi connectivity index (χ4n) is 1.73. The zero-order chi connectivity index (χ0) is 12.3. The molecule has 0 spiro atoms. The Morgan fingerprint density at radius 1 is 1.38 bits per heavy atom. The fraction of sp³-hybridized carbons (Fsp3) is 0.333. The van der Waals surface area contributed by atoms with Crippen molar-refractivity contribution in [1.82, 2.24) is 0 Å². The monoisotopic (exact) mass is 221 g/mol. The summed E-state index contributed by atoms with van der Waals surface area (Å²) in [5.74, 6) is 0.293. The van der Waals surface area contributed by atoms with E-state index in [2.05, 4.69) is 5.32 Å². The standard InChI is InChI=1S/C12H15NO3/c1-7-5-8(2)12(16-4)10(6-14)11(7)13-9(3)15/h5-6H,1-4H3,(H,13,15). The van der Waals surface area contributed by atoms with E-state index >= 15 is 0 Å². The van der Waals surface area contributed by atoms with Crippen LogP contribution in [-0.2, 0) is 4.79 Å². The molecule has 16 heavy (non-hydrogen) atoms. The second kappa shape index (κ2) is 4.79. The van der Waals surface area contributed by atoms with Gasteiger partial charge in [0.1, 0.15) is 5.75 Å². The zero-order valence-electron chi connectivity index (χ0n) is 9.88. The van der Waals surface area contributed by atoms with E-state index in [0.717, 1.165) is 11.1 Å². The normalized spacial score (nSPS) is 9.75. The molecule has 1 aromatic rings. The maximum absolute atomic E-state index is 11.1. The zero-order valence-corrected chi connectivity index (χ0v) is 9.88. The predicted molar refractivity (Wildman–Crippen MR) is 62.2 cm³/mol. The van der Waals surface area contributed by atoms with E-state index in [9.17, 15) is 9.59 Å². The van der Waals surface area contributed by atoms with Crippen molar-refractivity contribution in [3.8, 4) is 5.75 Å². The minimum Gasteiger partial charge on any atom is -0.496 e. The number of hydrogen-bond donors (Lipinski definition) is 1. The first-order valence-corrected chi connectivity index (χ1v) is 4.92. The van der Waals surface area contributed by atoms with Gasteiger partial charge in [0.15, 0.2) is 6.29 Å². The third-order valence-corrected chi connectivity index (χ3v) is 2.32. The van der Waals surface area contributed by atoms with E-state index in [0.29, 0.717) is 23.3 Å². The highest BCUT2D eigenvalue weighted by Crippen LogP contribution is 2.31. The second-order valence-electron chi connectivity index (χ2n) is 3.63. The van der Waals surface area contributed by atoms with Crippen molar-refractivity contribution in [2.75, 3.05) is 12.4 Å². The highest BCUT2D eigenvalue weighted by Gasteiger charge is 2.15. The number of methoxy groups -OCH3 is 1. The maximum Gasteiger partial charge on any atom is 0.221 e. The molecular weight excluding hydrogens is 206 g/mol. The van der Waals surface area contributed by atoms with Crippen LogP contribution in [0.25, 0.3) is 0 Å². The molecule has 0 radical (unpaired) electrons. The molecule has 86 valence electrons. The van der Waals surface area contributed by atoms with Crippen LogP contribution in [0, 0.1) is 13.8 Å². The van der Waals surface area contributed by atoms with Crippen LogP contribution in [0.5, 0.6) is 5.75 Å². The van der Waals surface area contributed by atoms with E-state index in [1.165, 1.54) is 14.0 Å². The molecule has 1 N–H and O–H groups in total. The van der Waals surface area contributed by atoms with Crippen molar-refractivity contribution >= 4 is 17.9 Å². The van der Waals surface area contributed by atoms with Crippen LogP contribution >= 0.6 is 0 Å². The van der Waals surface area contributed by atoms with Crippen LogP contribution in [0.3, 0.4) is 0 Å². The molecule has 1 amide bonds. The van der Waals surface area contributed by atoms with E-state index < -0.39 is 0 Å². The number of anilines is 1. The number of benzene rings is 1. The molecular formula is C12H15NO3. The van der Waals surface area contributed by atoms with Crippen LogP contribution in [-0.4, -0.2) is 19.3 Å². The fourth-order valence-corrected chi connectivity index (χ4v) is 1.73. The first kappa shape index (κ1) is 12.2. The smallest absolute Gasteiger partial charge is 0.221 e. The van der Waals surface area contributed by atoms with Gasteiger partial charge < -0.3 is 10.1 Å². The highest BCUT2D eigenvalue weighted by molar-refractivity contribution is 5.98. The molecule has 0 bridgehead atoms. The molecule has 1 rings (SSSR count). The number of ether oxygens (including phenoxy) is 1. The Hall–Kier alpha value is -1.84. The average Bonchev–Trinajstić information content (AvgIpc) is 2.20. The van der Waals surface area contributed by atoms with Crippen LogP contribution in [0.2, 0.25) is 0 Å². The van der Waals surface area contributed by atoms with Gasteiger partial charge in [-0.2, -0.15) is 0 Å². The molecule has 0 aliphatic heterocycles. The van der Waals surface area contributed by atoms with Crippen molar-refractivity contribution in [3.63, 3.8) is 0 Å². The number of rotatable bonds is 3. The second-order valence-corrected chi connectivity index (χ2v) is 3.63. The lowest BCUT2D eigenvalue weighted by Crippen LogP contribution is -2.11. The third-order valence-electron chi connectivity index (χ3n) is 2.32. The van der Waals surface area contributed by atoms with E-state index in [4.69, 9.17) is 4.74 Å². The van der Waals surface area contributed by atoms with Crippen molar-refractivity contribution in [3.05, 3.63) is 22.8 Å². The molecule has 0 saturated heterocycles. The molecule has 0 heterocycles. The lowest BCUT2D eigenvalue weighted by molar-refractivity contribution is -0.114. The first-order valence-electron chi connectivity index (χ1n) is 4.92. The highest BCUT2D eigenvalue weighted by atomic mass is 16.5. The first-order chi connectivity index (χ1) is 7.51. The van der Waals surface area contributed by atoms with Gasteiger partial charge in [0.25, 0.3) is 0 Å². The Balaban J connectivity index is 3.45. The van der Waals surface area contributed by atoms with Gasteiger partial charge in [0.2, 0.25) is 5.91 Å². The summed E-state index contributed by atoms with van der Waals surface area (Å²) in [4.78, 5) is 22.1. The van der Waals surface area contributed by atoms with Crippen molar-refractivity contribution < 1.29 is 14.3 Å². The number of carbonyl (C=O) groups is 2. The molecule has 4 nitrogen and oxygen atoms in total. The number of carbonyl (C=O) groups excluding carboxylic acids is 2. The Morgan fingerprint density at radius 2 is 2.00 bits per heavy atom. The molecule has 0 fully saturated rings. The van der Waals surface area contributed by atoms with E-state index in [1.54, 1.807) is 0 Å². The summed E-state index contributed by atoms with van der Waals surface area (Å²) >= 11 is 0. The van der Waals surface area contributed by atoms with E-state index in [-0.39, 0.29) is 5.91 Å². The van der Waals surface area contributed by atoms with Crippen molar-refractivity contribution in [1.29, 1.82) is 0 Å². The van der Waals surface area contributed by atoms with Crippen molar-refractivity contribution in [2.24, 2.45) is 0 Å². The summed E-state index contributed by atoms with van der Waals surface area (Å²) in [7, 11) is 1.50. The van der Waals surface area contributed by atoms with Gasteiger partial charge in [0, 0.05) is 6.92 Å². The summed E-state index contributed by atoms with van der Waals surface area (Å²) in [5, 5.41) is 2.64. The molecule has 0 aromatic heterocycles. The summed E-state index contributed by atoms with van der Waals surface area (Å²) in [6, 6.07) is 1.87. The molecule has 0 aliphatic carbocycles. The number of hydrogen-bond acceptors (Lipinski definition) is 3. The number of nitrogens with one attached hydrogen (secondary N) is 1. The topological polar surface area (TPSA) is 55.4 Å². The maximum atomic E-state index is 11.1. The minimum absolute atomic E-state index is 0.211. The Bertz CT molecular complexity index is 438. The molecule has 0 unspecified atom stereocenters. The lowest BCUT2D eigenvalue weighted by Gasteiger charge is -2.15. The molecule has 1 aromatic carbocycles. The van der Waals surface area contributed by atoms with Gasteiger partial charge in [-0.05, 0) is 25.0 Å². The van der Waals surface area contributed by atoms with Crippen molar-refractivity contribution in [2.45, 2.75) is 20.8 Å². The Labute approximate surface area is 94.6 Å². The van der Waals surface area contributed by atoms with Gasteiger partial charge in [-0.25, -0.2) is 0 Å². The summed E-state index contributed by atoms with van der Waals surface area (Å²) in [5.41, 5.74) is 2.62. The third kappa shape index (κ3) is 2.21. The Kier molecular flexibility index (Phi) is 3.66. The lowest BCUT2D eigenvalue weighted by atomic mass is 10.0. The number of aldehydes is 1. The van der Waals surface area contributed by atoms with Gasteiger partial charge in [0.05, 0.1) is 18.4 Å². The SMILES string of the molecule is COc1c(C)cc(C)c(NC(C)=O)c1C=O. The molecule has 0 saturated carbocycles. The predicted octanol–water partition coefficient (Wildman–Crippen LogP) is 2.08. The average molecular weight is 221 g/mol. The minimum atomic E-state index is -0.211. The van der Waals surface area contributed by atoms with E-state index in [1.807, 2.05) is 19.9 Å².